The molecule has 1 heterocycles. The predicted octanol–water partition coefficient (Wildman–Crippen LogP) is 1.43. The quantitative estimate of drug-likeness (QED) is 0.878. The number of rotatable bonds is 4. The first-order chi connectivity index (χ1) is 8.70. The van der Waals surface area contributed by atoms with E-state index in [1.54, 1.807) is 29.1 Å². The van der Waals surface area contributed by atoms with Crippen molar-refractivity contribution in [2.24, 2.45) is 0 Å². The van der Waals surface area contributed by atoms with Gasteiger partial charge in [0.1, 0.15) is 6.07 Å². The van der Waals surface area contributed by atoms with Crippen LogP contribution in [0.4, 0.5) is 0 Å². The van der Waals surface area contributed by atoms with Gasteiger partial charge in [0.25, 0.3) is 0 Å². The number of imidazole rings is 1. The first-order valence-electron chi connectivity index (χ1n) is 5.40. The zero-order valence-corrected chi connectivity index (χ0v) is 9.58. The highest BCUT2D eigenvalue weighted by Crippen LogP contribution is 2.12. The van der Waals surface area contributed by atoms with Crippen molar-refractivity contribution >= 4 is 5.97 Å². The summed E-state index contributed by atoms with van der Waals surface area (Å²) in [6.45, 7) is 0.451. The molecule has 0 aliphatic carbocycles. The second kappa shape index (κ2) is 5.15. The fraction of sp³-hybridized carbons (Fsp3) is 0.154. The molecule has 0 saturated carbocycles. The van der Waals surface area contributed by atoms with Crippen LogP contribution in [0.2, 0.25) is 0 Å². The number of hydrogen-bond donors (Lipinski definition) is 1. The van der Waals surface area contributed by atoms with Gasteiger partial charge in [-0.1, -0.05) is 24.3 Å². The van der Waals surface area contributed by atoms with E-state index in [-0.39, 0.29) is 6.42 Å². The van der Waals surface area contributed by atoms with E-state index in [2.05, 4.69) is 4.98 Å². The van der Waals surface area contributed by atoms with E-state index < -0.39 is 5.97 Å². The van der Waals surface area contributed by atoms with Crippen molar-refractivity contribution in [1.82, 2.24) is 9.55 Å². The van der Waals surface area contributed by atoms with Crippen LogP contribution >= 0.6 is 0 Å². The minimum atomic E-state index is -0.867. The highest BCUT2D eigenvalue weighted by atomic mass is 16.4. The summed E-state index contributed by atoms with van der Waals surface area (Å²) in [5.41, 5.74) is 1.64. The van der Waals surface area contributed by atoms with Crippen LogP contribution in [0.1, 0.15) is 17.0 Å². The Morgan fingerprint density at radius 3 is 2.78 bits per heavy atom. The number of carboxylic acid groups (broad SMARTS) is 1. The largest absolute Gasteiger partial charge is 0.481 e. The highest BCUT2D eigenvalue weighted by Gasteiger charge is 2.08. The van der Waals surface area contributed by atoms with E-state index in [4.69, 9.17) is 10.4 Å². The molecule has 5 nitrogen and oxygen atoms in total. The van der Waals surface area contributed by atoms with Gasteiger partial charge in [0.2, 0.25) is 5.82 Å². The van der Waals surface area contributed by atoms with Gasteiger partial charge >= 0.3 is 5.97 Å². The molecule has 0 unspecified atom stereocenters. The first kappa shape index (κ1) is 11.9. The standard InChI is InChI=1S/C13H11N3O2/c14-8-12-15-5-6-16(12)9-11-4-2-1-3-10(11)7-13(17)18/h1-6H,7,9H2,(H,17,18). The molecule has 0 saturated heterocycles. The third-order valence-electron chi connectivity index (χ3n) is 2.62. The third-order valence-corrected chi connectivity index (χ3v) is 2.62. The molecule has 18 heavy (non-hydrogen) atoms. The van der Waals surface area contributed by atoms with Crippen LogP contribution in [0.15, 0.2) is 36.7 Å². The maximum atomic E-state index is 10.8. The molecule has 1 N–H and O–H groups in total. The molecule has 2 aromatic rings. The van der Waals surface area contributed by atoms with Gasteiger partial charge < -0.3 is 9.67 Å². The van der Waals surface area contributed by atoms with E-state index in [0.717, 1.165) is 11.1 Å². The average molecular weight is 241 g/mol. The molecular weight excluding hydrogens is 230 g/mol. The van der Waals surface area contributed by atoms with Crippen molar-refractivity contribution in [2.75, 3.05) is 0 Å². The van der Waals surface area contributed by atoms with Crippen LogP contribution < -0.4 is 0 Å². The van der Waals surface area contributed by atoms with Crippen molar-refractivity contribution in [3.63, 3.8) is 0 Å². The number of carboxylic acids is 1. The summed E-state index contributed by atoms with van der Waals surface area (Å²) in [6, 6.07) is 9.29. The van der Waals surface area contributed by atoms with Gasteiger partial charge in [0, 0.05) is 12.4 Å². The topological polar surface area (TPSA) is 78.9 Å². The summed E-state index contributed by atoms with van der Waals surface area (Å²) in [5, 5.41) is 17.7. The Labute approximate surface area is 104 Å². The molecule has 0 aliphatic rings. The molecule has 0 fully saturated rings. The van der Waals surface area contributed by atoms with Gasteiger partial charge in [-0.15, -0.1) is 0 Å². The normalized spacial score (nSPS) is 9.94. The number of benzene rings is 1. The Balaban J connectivity index is 2.29. The van der Waals surface area contributed by atoms with Crippen molar-refractivity contribution < 1.29 is 9.90 Å². The number of aromatic nitrogens is 2. The molecule has 0 amide bonds. The lowest BCUT2D eigenvalue weighted by Gasteiger charge is -2.08. The lowest BCUT2D eigenvalue weighted by Crippen LogP contribution is -2.07. The molecular formula is C13H11N3O2. The van der Waals surface area contributed by atoms with Gasteiger partial charge in [0.05, 0.1) is 13.0 Å². The highest BCUT2D eigenvalue weighted by molar-refractivity contribution is 5.70. The van der Waals surface area contributed by atoms with Gasteiger partial charge in [-0.2, -0.15) is 5.26 Å². The summed E-state index contributed by atoms with van der Waals surface area (Å²) in [4.78, 5) is 14.7. The van der Waals surface area contributed by atoms with Crippen molar-refractivity contribution in [3.05, 3.63) is 53.6 Å². The maximum Gasteiger partial charge on any atom is 0.307 e. The van der Waals surface area contributed by atoms with Crippen molar-refractivity contribution in [1.29, 1.82) is 5.26 Å². The van der Waals surface area contributed by atoms with E-state index >= 15 is 0 Å². The predicted molar refractivity (Wildman–Crippen MR) is 63.8 cm³/mol. The molecule has 0 atom stereocenters. The number of hydrogen-bond acceptors (Lipinski definition) is 3. The van der Waals surface area contributed by atoms with Gasteiger partial charge in [-0.3, -0.25) is 4.79 Å². The van der Waals surface area contributed by atoms with Crippen LogP contribution in [0.5, 0.6) is 0 Å². The fourth-order valence-electron chi connectivity index (χ4n) is 1.78. The Morgan fingerprint density at radius 2 is 2.11 bits per heavy atom. The zero-order valence-electron chi connectivity index (χ0n) is 9.58. The molecule has 1 aromatic carbocycles. The minimum Gasteiger partial charge on any atom is -0.481 e. The van der Waals surface area contributed by atoms with E-state index in [9.17, 15) is 4.79 Å². The second-order valence-corrected chi connectivity index (χ2v) is 3.83. The summed E-state index contributed by atoms with van der Waals surface area (Å²) in [6.07, 6.45) is 3.24. The molecule has 2 rings (SSSR count). The summed E-state index contributed by atoms with van der Waals surface area (Å²) < 4.78 is 1.70. The van der Waals surface area contributed by atoms with E-state index in [1.165, 1.54) is 0 Å². The summed E-state index contributed by atoms with van der Waals surface area (Å²) in [7, 11) is 0. The average Bonchev–Trinajstić information content (AvgIpc) is 2.78. The van der Waals surface area contributed by atoms with Crippen molar-refractivity contribution in [2.45, 2.75) is 13.0 Å². The van der Waals surface area contributed by atoms with Crippen LogP contribution in [0, 0.1) is 11.3 Å². The molecule has 0 radical (unpaired) electrons. The third kappa shape index (κ3) is 2.55. The number of carbonyl (C=O) groups is 1. The lowest BCUT2D eigenvalue weighted by atomic mass is 10.0. The maximum absolute atomic E-state index is 10.8. The number of aliphatic carboxylic acids is 1. The van der Waals surface area contributed by atoms with Gasteiger partial charge in [-0.25, -0.2) is 4.98 Å². The summed E-state index contributed by atoms with van der Waals surface area (Å²) in [5.74, 6) is -0.547. The van der Waals surface area contributed by atoms with Crippen LogP contribution in [0.3, 0.4) is 0 Å². The monoisotopic (exact) mass is 241 g/mol. The van der Waals surface area contributed by atoms with Crippen LogP contribution in [0.25, 0.3) is 0 Å². The lowest BCUT2D eigenvalue weighted by molar-refractivity contribution is -0.136. The minimum absolute atomic E-state index is 0.0211. The number of nitriles is 1. The van der Waals surface area contributed by atoms with Crippen molar-refractivity contribution in [3.8, 4) is 6.07 Å². The Morgan fingerprint density at radius 1 is 1.39 bits per heavy atom. The van der Waals surface area contributed by atoms with Crippen LogP contribution in [-0.4, -0.2) is 20.6 Å². The molecule has 0 aliphatic heterocycles. The second-order valence-electron chi connectivity index (χ2n) is 3.83. The molecule has 5 heteroatoms. The summed E-state index contributed by atoms with van der Waals surface area (Å²) >= 11 is 0. The fourth-order valence-corrected chi connectivity index (χ4v) is 1.78. The first-order valence-corrected chi connectivity index (χ1v) is 5.40. The van der Waals surface area contributed by atoms with Crippen LogP contribution in [-0.2, 0) is 17.8 Å². The smallest absolute Gasteiger partial charge is 0.307 e. The molecule has 0 spiro atoms. The molecule has 1 aromatic heterocycles. The molecule has 90 valence electrons. The zero-order chi connectivity index (χ0) is 13.0. The Hall–Kier alpha value is -2.61. The SMILES string of the molecule is N#Cc1nccn1Cc1ccccc1CC(=O)O. The van der Waals surface area contributed by atoms with Gasteiger partial charge in [-0.05, 0) is 11.1 Å². The Bertz CT molecular complexity index is 611. The van der Waals surface area contributed by atoms with Gasteiger partial charge in [0.15, 0.2) is 0 Å². The number of nitrogens with zero attached hydrogens (tertiary/aromatic N) is 3. The van der Waals surface area contributed by atoms with E-state index in [1.807, 2.05) is 18.2 Å². The van der Waals surface area contributed by atoms with E-state index in [0.29, 0.717) is 12.4 Å². The molecule has 0 bridgehead atoms. The Kier molecular flexibility index (Phi) is 3.39.